The van der Waals surface area contributed by atoms with Crippen molar-refractivity contribution in [2.75, 3.05) is 12.4 Å². The van der Waals surface area contributed by atoms with Gasteiger partial charge in [-0.15, -0.1) is 0 Å². The first-order valence-corrected chi connectivity index (χ1v) is 6.95. The Hall–Kier alpha value is -2.36. The SMILES string of the molecule is COc1ccc(CNc2ccc3c(c2)OC(C)(C)O3)cc1. The van der Waals surface area contributed by atoms with Gasteiger partial charge in [-0.2, -0.15) is 0 Å². The van der Waals surface area contributed by atoms with Crippen LogP contribution in [0.4, 0.5) is 5.69 Å². The first-order valence-electron chi connectivity index (χ1n) is 6.95. The second-order valence-corrected chi connectivity index (χ2v) is 5.47. The summed E-state index contributed by atoms with van der Waals surface area (Å²) in [7, 11) is 1.67. The summed E-state index contributed by atoms with van der Waals surface area (Å²) in [4.78, 5) is 0. The average Bonchev–Trinajstić information content (AvgIpc) is 2.78. The molecule has 0 saturated carbocycles. The number of fused-ring (bicyclic) bond motifs is 1. The molecule has 0 bridgehead atoms. The Morgan fingerprint density at radius 3 is 2.43 bits per heavy atom. The van der Waals surface area contributed by atoms with E-state index < -0.39 is 5.79 Å². The molecule has 1 aliphatic heterocycles. The number of anilines is 1. The molecule has 0 fully saturated rings. The minimum absolute atomic E-state index is 0.586. The molecule has 1 N–H and O–H groups in total. The normalized spacial score (nSPS) is 14.8. The van der Waals surface area contributed by atoms with Crippen molar-refractivity contribution < 1.29 is 14.2 Å². The lowest BCUT2D eigenvalue weighted by molar-refractivity contribution is -0.0431. The van der Waals surface area contributed by atoms with Gasteiger partial charge in [0, 0.05) is 32.1 Å². The number of benzene rings is 2. The molecule has 2 aromatic carbocycles. The fourth-order valence-electron chi connectivity index (χ4n) is 2.28. The molecule has 4 nitrogen and oxygen atoms in total. The number of hydrogen-bond acceptors (Lipinski definition) is 4. The lowest BCUT2D eigenvalue weighted by Crippen LogP contribution is -2.29. The molecule has 21 heavy (non-hydrogen) atoms. The molecule has 110 valence electrons. The van der Waals surface area contributed by atoms with Gasteiger partial charge in [0.15, 0.2) is 11.5 Å². The van der Waals surface area contributed by atoms with Crippen LogP contribution in [-0.2, 0) is 6.54 Å². The van der Waals surface area contributed by atoms with Crippen molar-refractivity contribution in [1.29, 1.82) is 0 Å². The molecule has 0 unspecified atom stereocenters. The van der Waals surface area contributed by atoms with Gasteiger partial charge in [-0.3, -0.25) is 0 Å². The van der Waals surface area contributed by atoms with E-state index in [2.05, 4.69) is 5.32 Å². The molecule has 0 aliphatic carbocycles. The standard InChI is InChI=1S/C17H19NO3/c1-17(2)20-15-9-6-13(10-16(15)21-17)18-11-12-4-7-14(19-3)8-5-12/h4-10,18H,11H2,1-3H3. The van der Waals surface area contributed by atoms with Crippen LogP contribution in [0.15, 0.2) is 42.5 Å². The number of nitrogens with one attached hydrogen (secondary N) is 1. The van der Waals surface area contributed by atoms with Crippen LogP contribution in [0.25, 0.3) is 0 Å². The molecule has 0 amide bonds. The highest BCUT2D eigenvalue weighted by Gasteiger charge is 2.31. The molecule has 1 aliphatic rings. The topological polar surface area (TPSA) is 39.7 Å². The third-order valence-corrected chi connectivity index (χ3v) is 3.31. The quantitative estimate of drug-likeness (QED) is 0.927. The van der Waals surface area contributed by atoms with Gasteiger partial charge in [0.05, 0.1) is 7.11 Å². The maximum absolute atomic E-state index is 5.74. The molecule has 3 rings (SSSR count). The summed E-state index contributed by atoms with van der Waals surface area (Å²) in [5.74, 6) is 1.84. The molecule has 1 heterocycles. The van der Waals surface area contributed by atoms with Crippen LogP contribution in [0, 0.1) is 0 Å². The second kappa shape index (κ2) is 5.20. The minimum Gasteiger partial charge on any atom is -0.497 e. The fraction of sp³-hybridized carbons (Fsp3) is 0.294. The Morgan fingerprint density at radius 2 is 1.71 bits per heavy atom. The van der Waals surface area contributed by atoms with Crippen LogP contribution < -0.4 is 19.5 Å². The van der Waals surface area contributed by atoms with E-state index >= 15 is 0 Å². The van der Waals surface area contributed by atoms with Gasteiger partial charge in [0.25, 0.3) is 0 Å². The maximum atomic E-state index is 5.74. The highest BCUT2D eigenvalue weighted by Crippen LogP contribution is 2.40. The van der Waals surface area contributed by atoms with Crippen LogP contribution in [0.1, 0.15) is 19.4 Å². The summed E-state index contributed by atoms with van der Waals surface area (Å²) in [6, 6.07) is 13.9. The van der Waals surface area contributed by atoms with Gasteiger partial charge >= 0.3 is 0 Å². The fourth-order valence-corrected chi connectivity index (χ4v) is 2.28. The molecule has 0 saturated heterocycles. The summed E-state index contributed by atoms with van der Waals surface area (Å²) in [6.07, 6.45) is 0. The monoisotopic (exact) mass is 285 g/mol. The van der Waals surface area contributed by atoms with Crippen molar-refractivity contribution in [2.45, 2.75) is 26.2 Å². The van der Waals surface area contributed by atoms with E-state index in [1.165, 1.54) is 5.56 Å². The molecular weight excluding hydrogens is 266 g/mol. The predicted octanol–water partition coefficient (Wildman–Crippen LogP) is 3.81. The summed E-state index contributed by atoms with van der Waals surface area (Å²) in [6.45, 7) is 4.54. The van der Waals surface area contributed by atoms with E-state index in [-0.39, 0.29) is 0 Å². The van der Waals surface area contributed by atoms with E-state index in [1.807, 2.05) is 56.3 Å². The maximum Gasteiger partial charge on any atom is 0.246 e. The van der Waals surface area contributed by atoms with Gasteiger partial charge < -0.3 is 19.5 Å². The summed E-state index contributed by atoms with van der Waals surface area (Å²) >= 11 is 0. The van der Waals surface area contributed by atoms with Crippen molar-refractivity contribution in [3.05, 3.63) is 48.0 Å². The average molecular weight is 285 g/mol. The Kier molecular flexibility index (Phi) is 3.37. The Morgan fingerprint density at radius 1 is 1.00 bits per heavy atom. The highest BCUT2D eigenvalue weighted by molar-refractivity contribution is 5.56. The van der Waals surface area contributed by atoms with Crippen LogP contribution in [0.2, 0.25) is 0 Å². The third-order valence-electron chi connectivity index (χ3n) is 3.31. The predicted molar refractivity (Wildman–Crippen MR) is 82.1 cm³/mol. The number of rotatable bonds is 4. The summed E-state index contributed by atoms with van der Waals surface area (Å²) in [5, 5.41) is 3.38. The van der Waals surface area contributed by atoms with Gasteiger partial charge in [0.2, 0.25) is 5.79 Å². The number of ether oxygens (including phenoxy) is 3. The molecule has 0 spiro atoms. The second-order valence-electron chi connectivity index (χ2n) is 5.47. The minimum atomic E-state index is -0.586. The summed E-state index contributed by atoms with van der Waals surface area (Å²) in [5.41, 5.74) is 2.19. The Balaban J connectivity index is 1.66. The molecule has 0 radical (unpaired) electrons. The molecule has 0 aromatic heterocycles. The van der Waals surface area contributed by atoms with E-state index in [0.717, 1.165) is 29.5 Å². The zero-order valence-electron chi connectivity index (χ0n) is 12.5. The van der Waals surface area contributed by atoms with Crippen molar-refractivity contribution in [2.24, 2.45) is 0 Å². The Bertz CT molecular complexity index is 635. The molecule has 0 atom stereocenters. The third kappa shape index (κ3) is 3.05. The van der Waals surface area contributed by atoms with Crippen molar-refractivity contribution in [3.8, 4) is 17.2 Å². The zero-order valence-corrected chi connectivity index (χ0v) is 12.5. The van der Waals surface area contributed by atoms with E-state index in [0.29, 0.717) is 0 Å². The lowest BCUT2D eigenvalue weighted by atomic mass is 10.2. The smallest absolute Gasteiger partial charge is 0.246 e. The van der Waals surface area contributed by atoms with Crippen LogP contribution >= 0.6 is 0 Å². The highest BCUT2D eigenvalue weighted by atomic mass is 16.7. The van der Waals surface area contributed by atoms with Crippen molar-refractivity contribution in [1.82, 2.24) is 0 Å². The van der Waals surface area contributed by atoms with Crippen LogP contribution in [-0.4, -0.2) is 12.9 Å². The van der Waals surface area contributed by atoms with E-state index in [1.54, 1.807) is 7.11 Å². The molecule has 2 aromatic rings. The van der Waals surface area contributed by atoms with E-state index in [4.69, 9.17) is 14.2 Å². The first-order chi connectivity index (χ1) is 10.1. The van der Waals surface area contributed by atoms with Gasteiger partial charge in [0.1, 0.15) is 5.75 Å². The zero-order chi connectivity index (χ0) is 14.9. The Labute approximate surface area is 124 Å². The first kappa shape index (κ1) is 13.6. The van der Waals surface area contributed by atoms with E-state index in [9.17, 15) is 0 Å². The van der Waals surface area contributed by atoms with Crippen molar-refractivity contribution >= 4 is 5.69 Å². The number of methoxy groups -OCH3 is 1. The van der Waals surface area contributed by atoms with Gasteiger partial charge in [-0.05, 0) is 29.8 Å². The number of hydrogen-bond donors (Lipinski definition) is 1. The van der Waals surface area contributed by atoms with Crippen molar-refractivity contribution in [3.63, 3.8) is 0 Å². The molecular formula is C17H19NO3. The summed E-state index contributed by atoms with van der Waals surface area (Å²) < 4.78 is 16.6. The molecule has 4 heteroatoms. The van der Waals surface area contributed by atoms with Gasteiger partial charge in [-0.1, -0.05) is 12.1 Å². The van der Waals surface area contributed by atoms with Crippen LogP contribution in [0.5, 0.6) is 17.2 Å². The largest absolute Gasteiger partial charge is 0.497 e. The lowest BCUT2D eigenvalue weighted by Gasteiger charge is -2.16. The van der Waals surface area contributed by atoms with Gasteiger partial charge in [-0.25, -0.2) is 0 Å². The van der Waals surface area contributed by atoms with Crippen LogP contribution in [0.3, 0.4) is 0 Å².